The summed E-state index contributed by atoms with van der Waals surface area (Å²) in [5.41, 5.74) is 0. The smallest absolute Gasteiger partial charge is 0.305 e. The van der Waals surface area contributed by atoms with Gasteiger partial charge in [0.2, 0.25) is 0 Å². The van der Waals surface area contributed by atoms with Crippen LogP contribution in [0.3, 0.4) is 0 Å². The Balaban J connectivity index is 3.78. The standard InChI is InChI=1S/C12H22O4/c1-9(7-12(14)16-4)5-6-11(13)10(2)8-15-3/h9-10H,5-8H2,1-4H3. The molecule has 0 aromatic carbocycles. The van der Waals surface area contributed by atoms with E-state index in [1.165, 1.54) is 7.11 Å². The third-order valence-electron chi connectivity index (χ3n) is 2.59. The molecule has 0 saturated heterocycles. The molecule has 0 fully saturated rings. The van der Waals surface area contributed by atoms with Crippen LogP contribution in [0.2, 0.25) is 0 Å². The minimum absolute atomic E-state index is 0.0599. The molecule has 0 N–H and O–H groups in total. The van der Waals surface area contributed by atoms with Crippen LogP contribution in [0, 0.1) is 11.8 Å². The van der Waals surface area contributed by atoms with Gasteiger partial charge in [-0.25, -0.2) is 0 Å². The van der Waals surface area contributed by atoms with Crippen molar-refractivity contribution in [2.24, 2.45) is 11.8 Å². The zero-order valence-corrected chi connectivity index (χ0v) is 10.6. The molecule has 0 saturated carbocycles. The molecule has 16 heavy (non-hydrogen) atoms. The first kappa shape index (κ1) is 15.1. The van der Waals surface area contributed by atoms with Gasteiger partial charge in [0.1, 0.15) is 5.78 Å². The number of Topliss-reactive ketones (excluding diaryl/α,β-unsaturated/α-hetero) is 1. The summed E-state index contributed by atoms with van der Waals surface area (Å²) < 4.78 is 9.49. The van der Waals surface area contributed by atoms with Crippen LogP contribution in [-0.4, -0.2) is 32.6 Å². The number of carbonyl (C=O) groups excluding carboxylic acids is 2. The largest absolute Gasteiger partial charge is 0.469 e. The predicted octanol–water partition coefficient (Wildman–Crippen LogP) is 1.82. The zero-order valence-electron chi connectivity index (χ0n) is 10.6. The van der Waals surface area contributed by atoms with E-state index in [4.69, 9.17) is 4.74 Å². The number of esters is 1. The number of hydrogen-bond acceptors (Lipinski definition) is 4. The monoisotopic (exact) mass is 230 g/mol. The van der Waals surface area contributed by atoms with Gasteiger partial charge in [-0.2, -0.15) is 0 Å². The first-order valence-electron chi connectivity index (χ1n) is 5.59. The van der Waals surface area contributed by atoms with Crippen molar-refractivity contribution in [3.8, 4) is 0 Å². The van der Waals surface area contributed by atoms with E-state index in [2.05, 4.69) is 4.74 Å². The minimum atomic E-state index is -0.218. The predicted molar refractivity (Wildman–Crippen MR) is 61.1 cm³/mol. The molecule has 0 aromatic rings. The van der Waals surface area contributed by atoms with E-state index < -0.39 is 0 Å². The fourth-order valence-electron chi connectivity index (χ4n) is 1.45. The second-order valence-corrected chi connectivity index (χ2v) is 4.25. The lowest BCUT2D eigenvalue weighted by atomic mass is 9.96. The Labute approximate surface area is 97.3 Å². The lowest BCUT2D eigenvalue weighted by Gasteiger charge is -2.12. The van der Waals surface area contributed by atoms with Crippen molar-refractivity contribution in [1.82, 2.24) is 0 Å². The third kappa shape index (κ3) is 6.56. The van der Waals surface area contributed by atoms with Gasteiger partial charge in [0.05, 0.1) is 13.7 Å². The van der Waals surface area contributed by atoms with Crippen LogP contribution in [0.15, 0.2) is 0 Å². The van der Waals surface area contributed by atoms with Gasteiger partial charge < -0.3 is 9.47 Å². The average Bonchev–Trinajstić information content (AvgIpc) is 2.25. The molecular formula is C12H22O4. The van der Waals surface area contributed by atoms with Crippen LogP contribution in [0.25, 0.3) is 0 Å². The Kier molecular flexibility index (Phi) is 7.81. The van der Waals surface area contributed by atoms with E-state index in [9.17, 15) is 9.59 Å². The first-order chi connectivity index (χ1) is 7.51. The van der Waals surface area contributed by atoms with Gasteiger partial charge in [-0.3, -0.25) is 9.59 Å². The highest BCUT2D eigenvalue weighted by Gasteiger charge is 2.15. The quantitative estimate of drug-likeness (QED) is 0.597. The fraction of sp³-hybridized carbons (Fsp3) is 0.833. The molecular weight excluding hydrogens is 208 g/mol. The van der Waals surface area contributed by atoms with Crippen molar-refractivity contribution in [3.63, 3.8) is 0 Å². The van der Waals surface area contributed by atoms with Crippen LogP contribution >= 0.6 is 0 Å². The van der Waals surface area contributed by atoms with Crippen molar-refractivity contribution >= 4 is 11.8 Å². The van der Waals surface area contributed by atoms with Gasteiger partial charge in [0.25, 0.3) is 0 Å². The van der Waals surface area contributed by atoms with Crippen molar-refractivity contribution < 1.29 is 19.1 Å². The molecule has 0 rings (SSSR count). The second-order valence-electron chi connectivity index (χ2n) is 4.25. The Morgan fingerprint density at radius 3 is 2.31 bits per heavy atom. The normalized spacial score (nSPS) is 14.2. The summed E-state index contributed by atoms with van der Waals surface area (Å²) in [7, 11) is 2.96. The second kappa shape index (κ2) is 8.28. The maximum atomic E-state index is 11.6. The number of ketones is 1. The van der Waals surface area contributed by atoms with Gasteiger partial charge in [-0.15, -0.1) is 0 Å². The van der Waals surface area contributed by atoms with Crippen LogP contribution in [0.4, 0.5) is 0 Å². The van der Waals surface area contributed by atoms with E-state index in [0.717, 1.165) is 6.42 Å². The van der Waals surface area contributed by atoms with Crippen LogP contribution in [0.5, 0.6) is 0 Å². The molecule has 94 valence electrons. The SMILES string of the molecule is COCC(C)C(=O)CCC(C)CC(=O)OC. The van der Waals surface area contributed by atoms with Crippen LogP contribution < -0.4 is 0 Å². The Hall–Kier alpha value is -0.900. The molecule has 0 aliphatic heterocycles. The van der Waals surface area contributed by atoms with E-state index in [1.54, 1.807) is 7.11 Å². The van der Waals surface area contributed by atoms with Gasteiger partial charge in [-0.05, 0) is 12.3 Å². The summed E-state index contributed by atoms with van der Waals surface area (Å²) in [6, 6.07) is 0. The summed E-state index contributed by atoms with van der Waals surface area (Å²) in [6.07, 6.45) is 1.60. The molecule has 4 nitrogen and oxygen atoms in total. The summed E-state index contributed by atoms with van der Waals surface area (Å²) >= 11 is 0. The molecule has 0 heterocycles. The fourth-order valence-corrected chi connectivity index (χ4v) is 1.45. The number of rotatable bonds is 8. The third-order valence-corrected chi connectivity index (χ3v) is 2.59. The molecule has 4 heteroatoms. The molecule has 2 atom stereocenters. The molecule has 0 bridgehead atoms. The first-order valence-corrected chi connectivity index (χ1v) is 5.59. The summed E-state index contributed by atoms with van der Waals surface area (Å²) in [5, 5.41) is 0. The average molecular weight is 230 g/mol. The van der Waals surface area contributed by atoms with Gasteiger partial charge in [-0.1, -0.05) is 13.8 Å². The van der Waals surface area contributed by atoms with Crippen molar-refractivity contribution in [1.29, 1.82) is 0 Å². The minimum Gasteiger partial charge on any atom is -0.469 e. The van der Waals surface area contributed by atoms with E-state index in [-0.39, 0.29) is 23.6 Å². The van der Waals surface area contributed by atoms with Gasteiger partial charge in [0.15, 0.2) is 0 Å². The Morgan fingerprint density at radius 1 is 1.19 bits per heavy atom. The maximum Gasteiger partial charge on any atom is 0.305 e. The lowest BCUT2D eigenvalue weighted by Crippen LogP contribution is -2.17. The van der Waals surface area contributed by atoms with E-state index in [1.807, 2.05) is 13.8 Å². The molecule has 0 spiro atoms. The number of ether oxygens (including phenoxy) is 2. The number of carbonyl (C=O) groups is 2. The van der Waals surface area contributed by atoms with E-state index in [0.29, 0.717) is 19.4 Å². The molecule has 0 aromatic heterocycles. The molecule has 0 radical (unpaired) electrons. The summed E-state index contributed by atoms with van der Waals surface area (Å²) in [5.74, 6) is 0.102. The van der Waals surface area contributed by atoms with Crippen LogP contribution in [0.1, 0.15) is 33.1 Å². The van der Waals surface area contributed by atoms with Crippen molar-refractivity contribution in [2.45, 2.75) is 33.1 Å². The number of methoxy groups -OCH3 is 2. The molecule has 0 aliphatic rings. The van der Waals surface area contributed by atoms with Crippen LogP contribution in [-0.2, 0) is 19.1 Å². The lowest BCUT2D eigenvalue weighted by molar-refractivity contribution is -0.141. The van der Waals surface area contributed by atoms with Crippen molar-refractivity contribution in [3.05, 3.63) is 0 Å². The highest BCUT2D eigenvalue weighted by molar-refractivity contribution is 5.80. The Morgan fingerprint density at radius 2 is 1.81 bits per heavy atom. The topological polar surface area (TPSA) is 52.6 Å². The van der Waals surface area contributed by atoms with E-state index >= 15 is 0 Å². The summed E-state index contributed by atoms with van der Waals surface area (Å²) in [6.45, 7) is 4.27. The highest BCUT2D eigenvalue weighted by atomic mass is 16.5. The Bertz CT molecular complexity index is 225. The molecule has 0 aliphatic carbocycles. The maximum absolute atomic E-state index is 11.6. The molecule has 2 unspecified atom stereocenters. The summed E-state index contributed by atoms with van der Waals surface area (Å²) in [4.78, 5) is 22.6. The van der Waals surface area contributed by atoms with Gasteiger partial charge in [0, 0.05) is 25.9 Å². The molecule has 0 amide bonds. The highest BCUT2D eigenvalue weighted by Crippen LogP contribution is 2.13. The zero-order chi connectivity index (χ0) is 12.6. The van der Waals surface area contributed by atoms with Crippen molar-refractivity contribution in [2.75, 3.05) is 20.8 Å². The number of hydrogen-bond donors (Lipinski definition) is 0. The van der Waals surface area contributed by atoms with Gasteiger partial charge >= 0.3 is 5.97 Å².